The summed E-state index contributed by atoms with van der Waals surface area (Å²) in [4.78, 5) is 0. The first kappa shape index (κ1) is 9.05. The van der Waals surface area contributed by atoms with E-state index in [4.69, 9.17) is 4.74 Å². The van der Waals surface area contributed by atoms with Gasteiger partial charge in [-0.15, -0.1) is 0 Å². The number of hydrogen-bond donors (Lipinski definition) is 0. The van der Waals surface area contributed by atoms with Gasteiger partial charge in [-0.3, -0.25) is 0 Å². The van der Waals surface area contributed by atoms with E-state index in [9.17, 15) is 0 Å². The van der Waals surface area contributed by atoms with Crippen LogP contribution in [0.1, 0.15) is 52.4 Å². The zero-order valence-corrected chi connectivity index (χ0v) is 7.81. The molecule has 11 heavy (non-hydrogen) atoms. The lowest BCUT2D eigenvalue weighted by molar-refractivity contribution is 0.364. The molecule has 0 bridgehead atoms. The summed E-state index contributed by atoms with van der Waals surface area (Å²) in [5.41, 5.74) is 0. The van der Waals surface area contributed by atoms with Gasteiger partial charge in [-0.1, -0.05) is 39.0 Å². The first-order valence-corrected chi connectivity index (χ1v) is 5.00. The summed E-state index contributed by atoms with van der Waals surface area (Å²) in [7, 11) is 0. The van der Waals surface area contributed by atoms with E-state index in [1.54, 1.807) is 0 Å². The maximum atomic E-state index is 5.32. The summed E-state index contributed by atoms with van der Waals surface area (Å²) in [5, 5.41) is 0. The first-order chi connectivity index (χ1) is 5.34. The molecule has 66 valence electrons. The summed E-state index contributed by atoms with van der Waals surface area (Å²) in [5.74, 6) is 0. The molecule has 0 spiro atoms. The third-order valence-corrected chi connectivity index (χ3v) is 2.43. The molecule has 0 N–H and O–H groups in total. The van der Waals surface area contributed by atoms with E-state index in [2.05, 4.69) is 13.8 Å². The lowest BCUT2D eigenvalue weighted by atomic mass is 10.1. The van der Waals surface area contributed by atoms with E-state index in [1.807, 2.05) is 0 Å². The van der Waals surface area contributed by atoms with Gasteiger partial charge in [0.25, 0.3) is 0 Å². The fourth-order valence-electron chi connectivity index (χ4n) is 1.48. The zero-order valence-electron chi connectivity index (χ0n) is 7.81. The number of epoxide rings is 1. The van der Waals surface area contributed by atoms with Crippen LogP contribution < -0.4 is 0 Å². The van der Waals surface area contributed by atoms with E-state index < -0.39 is 0 Å². The first-order valence-electron chi connectivity index (χ1n) is 5.00. The highest BCUT2D eigenvalue weighted by molar-refractivity contribution is 4.79. The van der Waals surface area contributed by atoms with Gasteiger partial charge in [-0.25, -0.2) is 0 Å². The maximum Gasteiger partial charge on any atom is 0.0839 e. The fraction of sp³-hybridized carbons (Fsp3) is 1.00. The Morgan fingerprint density at radius 2 is 1.73 bits per heavy atom. The molecule has 0 saturated carbocycles. The third-order valence-electron chi connectivity index (χ3n) is 2.43. The Bertz CT molecular complexity index is 101. The van der Waals surface area contributed by atoms with E-state index in [1.165, 1.54) is 38.5 Å². The van der Waals surface area contributed by atoms with Gasteiger partial charge in [-0.2, -0.15) is 0 Å². The summed E-state index contributed by atoms with van der Waals surface area (Å²) in [6, 6.07) is 0. The van der Waals surface area contributed by atoms with Crippen molar-refractivity contribution in [3.63, 3.8) is 0 Å². The maximum absolute atomic E-state index is 5.32. The molecule has 0 aliphatic carbocycles. The van der Waals surface area contributed by atoms with Crippen LogP contribution in [-0.4, -0.2) is 12.2 Å². The van der Waals surface area contributed by atoms with Crippen LogP contribution in [-0.2, 0) is 4.74 Å². The minimum absolute atomic E-state index is 0.571. The van der Waals surface area contributed by atoms with Crippen LogP contribution in [0, 0.1) is 0 Å². The molecule has 1 aliphatic heterocycles. The van der Waals surface area contributed by atoms with Crippen LogP contribution in [0.4, 0.5) is 0 Å². The smallest absolute Gasteiger partial charge is 0.0839 e. The van der Waals surface area contributed by atoms with Crippen molar-refractivity contribution in [2.45, 2.75) is 64.6 Å². The number of unbranched alkanes of at least 4 members (excludes halogenated alkanes) is 4. The molecule has 1 aliphatic rings. The molecule has 0 amide bonds. The topological polar surface area (TPSA) is 12.5 Å². The highest BCUT2D eigenvalue weighted by Crippen LogP contribution is 2.26. The van der Waals surface area contributed by atoms with Gasteiger partial charge in [0.15, 0.2) is 0 Å². The lowest BCUT2D eigenvalue weighted by Gasteiger charge is -1.96. The molecule has 1 nitrogen and oxygen atoms in total. The number of rotatable bonds is 6. The fourth-order valence-corrected chi connectivity index (χ4v) is 1.48. The predicted octanol–water partition coefficient (Wildman–Crippen LogP) is 3.13. The van der Waals surface area contributed by atoms with Crippen molar-refractivity contribution in [3.05, 3.63) is 0 Å². The highest BCUT2D eigenvalue weighted by Gasteiger charge is 2.32. The van der Waals surface area contributed by atoms with Gasteiger partial charge in [0.05, 0.1) is 12.2 Å². The molecule has 1 unspecified atom stereocenters. The Morgan fingerprint density at radius 1 is 1.09 bits per heavy atom. The molecular weight excluding hydrogens is 136 g/mol. The number of ether oxygens (including phenoxy) is 1. The molecule has 0 aromatic carbocycles. The van der Waals surface area contributed by atoms with Crippen molar-refractivity contribution in [2.75, 3.05) is 0 Å². The molecule has 1 rings (SSSR count). The van der Waals surface area contributed by atoms with Gasteiger partial charge in [0.1, 0.15) is 0 Å². The second-order valence-electron chi connectivity index (χ2n) is 3.58. The average Bonchev–Trinajstić information content (AvgIpc) is 2.67. The molecule has 1 heterocycles. The van der Waals surface area contributed by atoms with Gasteiger partial charge < -0.3 is 4.74 Å². The van der Waals surface area contributed by atoms with E-state index >= 15 is 0 Å². The van der Waals surface area contributed by atoms with Crippen LogP contribution in [0.5, 0.6) is 0 Å². The van der Waals surface area contributed by atoms with Crippen molar-refractivity contribution in [2.24, 2.45) is 0 Å². The van der Waals surface area contributed by atoms with Crippen LogP contribution in [0.25, 0.3) is 0 Å². The van der Waals surface area contributed by atoms with E-state index in [0.717, 1.165) is 0 Å². The summed E-state index contributed by atoms with van der Waals surface area (Å²) in [6.07, 6.45) is 9.42. The van der Waals surface area contributed by atoms with E-state index in [-0.39, 0.29) is 0 Å². The zero-order chi connectivity index (χ0) is 8.10. The van der Waals surface area contributed by atoms with E-state index in [0.29, 0.717) is 12.2 Å². The third kappa shape index (κ3) is 3.76. The number of hydrogen-bond acceptors (Lipinski definition) is 1. The van der Waals surface area contributed by atoms with Gasteiger partial charge in [-0.05, 0) is 13.3 Å². The van der Waals surface area contributed by atoms with Crippen LogP contribution >= 0.6 is 0 Å². The molecule has 0 aromatic heterocycles. The molecule has 2 atom stereocenters. The minimum atomic E-state index is 0.571. The molecule has 1 saturated heterocycles. The Balaban J connectivity index is 1.74. The van der Waals surface area contributed by atoms with Crippen LogP contribution in [0.3, 0.4) is 0 Å². The molecule has 0 aromatic rings. The minimum Gasteiger partial charge on any atom is -0.370 e. The Kier molecular flexibility index (Phi) is 3.92. The predicted molar refractivity (Wildman–Crippen MR) is 47.7 cm³/mol. The van der Waals surface area contributed by atoms with Crippen LogP contribution in [0.2, 0.25) is 0 Å². The molecule has 1 heteroatoms. The molecule has 0 radical (unpaired) electrons. The summed E-state index contributed by atoms with van der Waals surface area (Å²) in [6.45, 7) is 4.42. The average molecular weight is 156 g/mol. The molecule has 1 fully saturated rings. The largest absolute Gasteiger partial charge is 0.370 e. The monoisotopic (exact) mass is 156 g/mol. The van der Waals surface area contributed by atoms with Gasteiger partial charge >= 0.3 is 0 Å². The van der Waals surface area contributed by atoms with Gasteiger partial charge in [0, 0.05) is 0 Å². The summed E-state index contributed by atoms with van der Waals surface area (Å²) >= 11 is 0. The van der Waals surface area contributed by atoms with Gasteiger partial charge in [0.2, 0.25) is 0 Å². The summed E-state index contributed by atoms with van der Waals surface area (Å²) < 4.78 is 5.32. The SMILES string of the molecule is CCCCCCCC1O[C@H]1C. The van der Waals surface area contributed by atoms with Crippen LogP contribution in [0.15, 0.2) is 0 Å². The lowest BCUT2D eigenvalue weighted by Crippen LogP contribution is -1.89. The van der Waals surface area contributed by atoms with Crippen molar-refractivity contribution in [1.82, 2.24) is 0 Å². The standard InChI is InChI=1S/C10H20O/c1-3-4-5-6-7-8-10-9(2)11-10/h9-10H,3-8H2,1-2H3/t9-,10?/m0/s1. The quantitative estimate of drug-likeness (QED) is 0.425. The molecular formula is C10H20O. The van der Waals surface area contributed by atoms with Crippen molar-refractivity contribution < 1.29 is 4.74 Å². The Morgan fingerprint density at radius 3 is 2.27 bits per heavy atom. The highest BCUT2D eigenvalue weighted by atomic mass is 16.6. The van der Waals surface area contributed by atoms with Crippen molar-refractivity contribution >= 4 is 0 Å². The Hall–Kier alpha value is -0.0400. The normalized spacial score (nSPS) is 28.9. The second-order valence-corrected chi connectivity index (χ2v) is 3.58. The second kappa shape index (κ2) is 4.76. The Labute approximate surface area is 70.1 Å². The van der Waals surface area contributed by atoms with Crippen molar-refractivity contribution in [1.29, 1.82) is 0 Å². The van der Waals surface area contributed by atoms with Crippen molar-refractivity contribution in [3.8, 4) is 0 Å².